The van der Waals surface area contributed by atoms with Crippen LogP contribution >= 0.6 is 0 Å². The lowest BCUT2D eigenvalue weighted by Gasteiger charge is -2.30. The van der Waals surface area contributed by atoms with Crippen molar-refractivity contribution in [2.45, 2.75) is 38.0 Å². The highest BCUT2D eigenvalue weighted by Gasteiger charge is 2.46. The first kappa shape index (κ1) is 19.4. The zero-order chi connectivity index (χ0) is 19.6. The topological polar surface area (TPSA) is 46.3 Å². The smallest absolute Gasteiger partial charge is 0.337 e. The van der Waals surface area contributed by atoms with Crippen molar-refractivity contribution in [3.05, 3.63) is 60.2 Å². The Balaban J connectivity index is 1.80. The molecule has 1 fully saturated rings. The third kappa shape index (κ3) is 4.33. The SMILES string of the molecule is CC(C(=O)N1CCC(N)C1Cc1cccc(-c2ccccc2)c1)C(F)(F)F. The zero-order valence-electron chi connectivity index (χ0n) is 15.1. The quantitative estimate of drug-likeness (QED) is 0.876. The molecule has 1 saturated heterocycles. The molecule has 0 saturated carbocycles. The molecule has 2 aromatic rings. The Hall–Kier alpha value is -2.34. The molecule has 3 unspecified atom stereocenters. The first-order valence-electron chi connectivity index (χ1n) is 9.04. The molecule has 0 spiro atoms. The summed E-state index contributed by atoms with van der Waals surface area (Å²) < 4.78 is 38.9. The molecule has 6 heteroatoms. The second-order valence-electron chi connectivity index (χ2n) is 7.09. The van der Waals surface area contributed by atoms with E-state index in [9.17, 15) is 18.0 Å². The molecule has 1 amide bonds. The van der Waals surface area contributed by atoms with E-state index < -0.39 is 24.0 Å². The van der Waals surface area contributed by atoms with E-state index in [-0.39, 0.29) is 12.6 Å². The van der Waals surface area contributed by atoms with Crippen molar-refractivity contribution < 1.29 is 18.0 Å². The Labute approximate surface area is 157 Å². The molecule has 2 aromatic carbocycles. The van der Waals surface area contributed by atoms with Gasteiger partial charge in [0, 0.05) is 12.6 Å². The lowest BCUT2D eigenvalue weighted by molar-refractivity contribution is -0.186. The monoisotopic (exact) mass is 376 g/mol. The third-order valence-electron chi connectivity index (χ3n) is 5.22. The van der Waals surface area contributed by atoms with Crippen molar-refractivity contribution in [1.29, 1.82) is 0 Å². The van der Waals surface area contributed by atoms with Crippen molar-refractivity contribution in [2.75, 3.05) is 6.54 Å². The molecule has 2 N–H and O–H groups in total. The van der Waals surface area contributed by atoms with Gasteiger partial charge >= 0.3 is 6.18 Å². The van der Waals surface area contributed by atoms with Gasteiger partial charge in [-0.15, -0.1) is 0 Å². The normalized spacial score (nSPS) is 21.3. The molecule has 3 atom stereocenters. The van der Waals surface area contributed by atoms with Gasteiger partial charge in [0.1, 0.15) is 5.92 Å². The summed E-state index contributed by atoms with van der Waals surface area (Å²) in [6, 6.07) is 16.9. The van der Waals surface area contributed by atoms with Crippen molar-refractivity contribution in [3.63, 3.8) is 0 Å². The summed E-state index contributed by atoms with van der Waals surface area (Å²) in [6.45, 7) is 1.18. The first-order valence-corrected chi connectivity index (χ1v) is 9.04. The van der Waals surface area contributed by atoms with E-state index in [0.717, 1.165) is 23.6 Å². The lowest BCUT2D eigenvalue weighted by Crippen LogP contribution is -2.48. The minimum Gasteiger partial charge on any atom is -0.337 e. The molecule has 1 aliphatic rings. The molecular formula is C21H23F3N2O. The highest BCUT2D eigenvalue weighted by Crippen LogP contribution is 2.31. The fourth-order valence-corrected chi connectivity index (χ4v) is 3.55. The van der Waals surface area contributed by atoms with E-state index in [0.29, 0.717) is 12.8 Å². The largest absolute Gasteiger partial charge is 0.400 e. The Kier molecular flexibility index (Phi) is 5.56. The number of alkyl halides is 3. The number of nitrogens with two attached hydrogens (primary N) is 1. The number of amides is 1. The van der Waals surface area contributed by atoms with Crippen molar-refractivity contribution in [1.82, 2.24) is 4.90 Å². The number of benzene rings is 2. The van der Waals surface area contributed by atoms with Gasteiger partial charge in [-0.05, 0) is 36.5 Å². The number of halogens is 3. The molecule has 1 aliphatic heterocycles. The minimum absolute atomic E-state index is 0.267. The van der Waals surface area contributed by atoms with E-state index in [1.807, 2.05) is 54.6 Å². The van der Waals surface area contributed by atoms with Gasteiger partial charge in [-0.1, -0.05) is 54.6 Å². The minimum atomic E-state index is -4.54. The predicted molar refractivity (Wildman–Crippen MR) is 98.9 cm³/mol. The molecular weight excluding hydrogens is 353 g/mol. The first-order chi connectivity index (χ1) is 12.8. The van der Waals surface area contributed by atoms with Crippen LogP contribution in [-0.4, -0.2) is 35.6 Å². The number of rotatable bonds is 4. The second kappa shape index (κ2) is 7.72. The van der Waals surface area contributed by atoms with Crippen molar-refractivity contribution in [3.8, 4) is 11.1 Å². The number of hydrogen-bond acceptors (Lipinski definition) is 2. The van der Waals surface area contributed by atoms with Crippen LogP contribution in [0.4, 0.5) is 13.2 Å². The van der Waals surface area contributed by atoms with E-state index in [1.54, 1.807) is 0 Å². The molecule has 0 bridgehead atoms. The van der Waals surface area contributed by atoms with Crippen LogP contribution in [0.15, 0.2) is 54.6 Å². The summed E-state index contributed by atoms with van der Waals surface area (Å²) in [7, 11) is 0. The van der Waals surface area contributed by atoms with Crippen LogP contribution in [0.1, 0.15) is 18.9 Å². The zero-order valence-corrected chi connectivity index (χ0v) is 15.1. The average molecular weight is 376 g/mol. The Bertz CT molecular complexity index is 792. The number of likely N-dealkylation sites (tertiary alicyclic amines) is 1. The number of nitrogens with zero attached hydrogens (tertiary/aromatic N) is 1. The predicted octanol–water partition coefficient (Wildman–Crippen LogP) is 4.02. The van der Waals surface area contributed by atoms with Gasteiger partial charge in [-0.2, -0.15) is 13.2 Å². The summed E-state index contributed by atoms with van der Waals surface area (Å²) in [5.41, 5.74) is 9.19. The number of carbonyl (C=O) groups excluding carboxylic acids is 1. The summed E-state index contributed by atoms with van der Waals surface area (Å²) in [4.78, 5) is 13.7. The Morgan fingerprint density at radius 2 is 1.81 bits per heavy atom. The molecule has 0 radical (unpaired) electrons. The maximum absolute atomic E-state index is 13.0. The highest BCUT2D eigenvalue weighted by molar-refractivity contribution is 5.80. The number of hydrogen-bond donors (Lipinski definition) is 1. The van der Waals surface area contributed by atoms with Crippen molar-refractivity contribution >= 4 is 5.91 Å². The Morgan fingerprint density at radius 1 is 1.15 bits per heavy atom. The van der Waals surface area contributed by atoms with E-state index in [4.69, 9.17) is 5.73 Å². The molecule has 0 aromatic heterocycles. The maximum atomic E-state index is 13.0. The van der Waals surface area contributed by atoms with Gasteiger partial charge in [0.15, 0.2) is 0 Å². The highest BCUT2D eigenvalue weighted by atomic mass is 19.4. The molecule has 3 rings (SSSR count). The van der Waals surface area contributed by atoms with Crippen LogP contribution in [0.25, 0.3) is 11.1 Å². The van der Waals surface area contributed by atoms with Crippen LogP contribution in [0.5, 0.6) is 0 Å². The van der Waals surface area contributed by atoms with Crippen LogP contribution in [0, 0.1) is 5.92 Å². The van der Waals surface area contributed by atoms with Crippen LogP contribution in [0.3, 0.4) is 0 Å². The summed E-state index contributed by atoms with van der Waals surface area (Å²) in [6.07, 6.45) is -3.58. The van der Waals surface area contributed by atoms with Crippen LogP contribution in [-0.2, 0) is 11.2 Å². The van der Waals surface area contributed by atoms with Crippen molar-refractivity contribution in [2.24, 2.45) is 11.7 Å². The summed E-state index contributed by atoms with van der Waals surface area (Å²) in [5.74, 6) is -2.90. The van der Waals surface area contributed by atoms with Gasteiger partial charge in [0.25, 0.3) is 0 Å². The molecule has 1 heterocycles. The molecule has 0 aliphatic carbocycles. The molecule has 144 valence electrons. The fourth-order valence-electron chi connectivity index (χ4n) is 3.55. The van der Waals surface area contributed by atoms with Crippen LogP contribution in [0.2, 0.25) is 0 Å². The number of carbonyl (C=O) groups is 1. The summed E-state index contributed by atoms with van der Waals surface area (Å²) in [5, 5.41) is 0. The fraction of sp³-hybridized carbons (Fsp3) is 0.381. The van der Waals surface area contributed by atoms with E-state index >= 15 is 0 Å². The average Bonchev–Trinajstić information content (AvgIpc) is 3.01. The second-order valence-corrected chi connectivity index (χ2v) is 7.09. The van der Waals surface area contributed by atoms with Gasteiger partial charge in [-0.25, -0.2) is 0 Å². The van der Waals surface area contributed by atoms with E-state index in [2.05, 4.69) is 0 Å². The van der Waals surface area contributed by atoms with Gasteiger partial charge in [0.2, 0.25) is 5.91 Å². The van der Waals surface area contributed by atoms with Gasteiger partial charge < -0.3 is 10.6 Å². The maximum Gasteiger partial charge on any atom is 0.400 e. The molecule has 3 nitrogen and oxygen atoms in total. The Morgan fingerprint density at radius 3 is 2.48 bits per heavy atom. The molecule has 27 heavy (non-hydrogen) atoms. The van der Waals surface area contributed by atoms with Crippen LogP contribution < -0.4 is 5.73 Å². The summed E-state index contributed by atoms with van der Waals surface area (Å²) >= 11 is 0. The van der Waals surface area contributed by atoms with Gasteiger partial charge in [-0.3, -0.25) is 4.79 Å². The van der Waals surface area contributed by atoms with Gasteiger partial charge in [0.05, 0.1) is 6.04 Å². The lowest BCUT2D eigenvalue weighted by atomic mass is 9.96. The van der Waals surface area contributed by atoms with E-state index in [1.165, 1.54) is 4.90 Å². The third-order valence-corrected chi connectivity index (χ3v) is 5.22. The standard InChI is InChI=1S/C21H23F3N2O/c1-14(21(22,23)24)20(27)26-11-10-18(25)19(26)13-15-6-5-9-17(12-15)16-7-3-2-4-8-16/h2-9,12,14,18-19H,10-11,13,25H2,1H3.